The predicted molar refractivity (Wildman–Crippen MR) is 125 cm³/mol. The van der Waals surface area contributed by atoms with Crippen molar-refractivity contribution in [2.24, 2.45) is 0 Å². The second-order valence-corrected chi connectivity index (χ2v) is 9.52. The molecule has 0 fully saturated rings. The van der Waals surface area contributed by atoms with Crippen molar-refractivity contribution < 1.29 is 13.2 Å². The van der Waals surface area contributed by atoms with Crippen LogP contribution in [0.1, 0.15) is 34.8 Å². The van der Waals surface area contributed by atoms with Crippen molar-refractivity contribution in [3.05, 3.63) is 94.5 Å². The van der Waals surface area contributed by atoms with Gasteiger partial charge in [0.25, 0.3) is 15.9 Å². The minimum absolute atomic E-state index is 0.0610. The molecule has 0 unspecified atom stereocenters. The summed E-state index contributed by atoms with van der Waals surface area (Å²) in [6.07, 6.45) is 0.782. The molecule has 0 spiro atoms. The van der Waals surface area contributed by atoms with Gasteiger partial charge in [-0.3, -0.25) is 9.10 Å². The van der Waals surface area contributed by atoms with Crippen LogP contribution in [0.25, 0.3) is 0 Å². The zero-order chi connectivity index (χ0) is 22.4. The van der Waals surface area contributed by atoms with E-state index in [1.807, 2.05) is 13.8 Å². The van der Waals surface area contributed by atoms with E-state index in [4.69, 9.17) is 11.6 Å². The maximum absolute atomic E-state index is 13.7. The van der Waals surface area contributed by atoms with Crippen LogP contribution in [0, 0.1) is 6.92 Å². The van der Waals surface area contributed by atoms with Gasteiger partial charge in [0.15, 0.2) is 0 Å². The van der Waals surface area contributed by atoms with Crippen LogP contribution >= 0.6 is 11.6 Å². The van der Waals surface area contributed by atoms with Gasteiger partial charge in [-0.25, -0.2) is 8.42 Å². The Labute approximate surface area is 188 Å². The molecule has 0 radical (unpaired) electrons. The quantitative estimate of drug-likeness (QED) is 0.507. The van der Waals surface area contributed by atoms with Crippen LogP contribution in [0.5, 0.6) is 0 Å². The number of sulfonamides is 1. The van der Waals surface area contributed by atoms with E-state index in [1.54, 1.807) is 72.8 Å². The molecule has 3 rings (SSSR count). The summed E-state index contributed by atoms with van der Waals surface area (Å²) >= 11 is 6.00. The molecule has 0 aromatic heterocycles. The van der Waals surface area contributed by atoms with Crippen molar-refractivity contribution in [1.82, 2.24) is 5.32 Å². The van der Waals surface area contributed by atoms with Gasteiger partial charge < -0.3 is 5.32 Å². The highest BCUT2D eigenvalue weighted by molar-refractivity contribution is 7.92. The summed E-state index contributed by atoms with van der Waals surface area (Å²) in [7, 11) is -3.94. The third-order valence-electron chi connectivity index (χ3n) is 4.80. The van der Waals surface area contributed by atoms with Crippen LogP contribution in [0.3, 0.4) is 0 Å². The highest BCUT2D eigenvalue weighted by Gasteiger charge is 2.28. The molecule has 0 aliphatic carbocycles. The first-order valence-electron chi connectivity index (χ1n) is 10.0. The van der Waals surface area contributed by atoms with Crippen LogP contribution in [0.2, 0.25) is 5.02 Å². The Morgan fingerprint density at radius 2 is 1.61 bits per heavy atom. The lowest BCUT2D eigenvalue weighted by Gasteiger charge is -2.26. The molecule has 0 saturated heterocycles. The van der Waals surface area contributed by atoms with Gasteiger partial charge in [0, 0.05) is 11.6 Å². The number of carbonyl (C=O) groups is 1. The van der Waals surface area contributed by atoms with E-state index in [1.165, 1.54) is 4.31 Å². The molecule has 1 amide bonds. The third-order valence-corrected chi connectivity index (χ3v) is 6.83. The Morgan fingerprint density at radius 3 is 2.26 bits per heavy atom. The predicted octanol–water partition coefficient (Wildman–Crippen LogP) is 5.18. The van der Waals surface area contributed by atoms with Crippen molar-refractivity contribution in [3.63, 3.8) is 0 Å². The highest BCUT2D eigenvalue weighted by atomic mass is 35.5. The molecule has 3 aromatic carbocycles. The smallest absolute Gasteiger partial charge is 0.264 e. The monoisotopic (exact) mass is 456 g/mol. The van der Waals surface area contributed by atoms with Gasteiger partial charge in [-0.15, -0.1) is 0 Å². The topological polar surface area (TPSA) is 66.5 Å². The molecule has 0 saturated carbocycles. The number of nitrogens with zero attached hydrogens (tertiary/aromatic N) is 1. The first-order chi connectivity index (χ1) is 14.8. The lowest BCUT2D eigenvalue weighted by molar-refractivity contribution is 0.0954. The average molecular weight is 457 g/mol. The van der Waals surface area contributed by atoms with E-state index in [0.29, 0.717) is 22.8 Å². The summed E-state index contributed by atoms with van der Waals surface area (Å²) in [4.78, 5) is 12.9. The fraction of sp³-hybridized carbons (Fsp3) is 0.208. The highest BCUT2D eigenvalue weighted by Crippen LogP contribution is 2.29. The molecule has 0 aliphatic heterocycles. The molecule has 3 aromatic rings. The first-order valence-corrected chi connectivity index (χ1v) is 11.9. The summed E-state index contributed by atoms with van der Waals surface area (Å²) in [6, 6.07) is 20.4. The maximum atomic E-state index is 13.7. The number of para-hydroxylation sites is 1. The Bertz CT molecular complexity index is 1140. The standard InChI is InChI=1S/C24H25ClN2O3S/c1-3-16-26-24(28)22-6-4-5-7-23(22)27(17-19-10-12-20(25)13-11-19)31(29,30)21-14-8-18(2)9-15-21/h4-15H,3,16-17H2,1-2H3,(H,26,28). The molecule has 7 heteroatoms. The van der Waals surface area contributed by atoms with Gasteiger partial charge in [0.2, 0.25) is 0 Å². The third kappa shape index (κ3) is 5.46. The van der Waals surface area contributed by atoms with Crippen LogP contribution < -0.4 is 9.62 Å². The van der Waals surface area contributed by atoms with E-state index in [9.17, 15) is 13.2 Å². The minimum Gasteiger partial charge on any atom is -0.352 e. The maximum Gasteiger partial charge on any atom is 0.264 e. The van der Waals surface area contributed by atoms with E-state index in [0.717, 1.165) is 17.5 Å². The summed E-state index contributed by atoms with van der Waals surface area (Å²) in [5.41, 5.74) is 2.35. The van der Waals surface area contributed by atoms with Gasteiger partial charge >= 0.3 is 0 Å². The lowest BCUT2D eigenvalue weighted by atomic mass is 10.1. The molecule has 0 atom stereocenters. The van der Waals surface area contributed by atoms with Crippen LogP contribution in [0.4, 0.5) is 5.69 Å². The number of hydrogen-bond acceptors (Lipinski definition) is 3. The van der Waals surface area contributed by atoms with Crippen molar-refractivity contribution in [2.75, 3.05) is 10.8 Å². The lowest BCUT2D eigenvalue weighted by Crippen LogP contribution is -2.33. The van der Waals surface area contributed by atoms with Crippen LogP contribution in [-0.4, -0.2) is 20.9 Å². The SMILES string of the molecule is CCCNC(=O)c1ccccc1N(Cc1ccc(Cl)cc1)S(=O)(=O)c1ccc(C)cc1. The Kier molecular flexibility index (Phi) is 7.36. The molecule has 0 aliphatic rings. The summed E-state index contributed by atoms with van der Waals surface area (Å²) in [5.74, 6) is -0.308. The molecule has 0 heterocycles. The van der Waals surface area contributed by atoms with Gasteiger partial charge in [-0.2, -0.15) is 0 Å². The number of amides is 1. The molecule has 0 bridgehead atoms. The number of halogens is 1. The van der Waals surface area contributed by atoms with E-state index in [2.05, 4.69) is 5.32 Å². The Hall–Kier alpha value is -2.83. The molecule has 5 nitrogen and oxygen atoms in total. The van der Waals surface area contributed by atoms with Crippen LogP contribution in [-0.2, 0) is 16.6 Å². The van der Waals surface area contributed by atoms with Gasteiger partial charge in [0.05, 0.1) is 22.7 Å². The fourth-order valence-electron chi connectivity index (χ4n) is 3.11. The number of carbonyl (C=O) groups excluding carboxylic acids is 1. The molecule has 31 heavy (non-hydrogen) atoms. The zero-order valence-electron chi connectivity index (χ0n) is 17.5. The first kappa shape index (κ1) is 22.8. The second kappa shape index (κ2) is 9.98. The van der Waals surface area contributed by atoms with Gasteiger partial charge in [-0.1, -0.05) is 60.5 Å². The largest absolute Gasteiger partial charge is 0.352 e. The normalized spacial score (nSPS) is 11.2. The Morgan fingerprint density at radius 1 is 0.968 bits per heavy atom. The summed E-state index contributed by atoms with van der Waals surface area (Å²) in [5, 5.41) is 3.40. The van der Waals surface area contributed by atoms with E-state index >= 15 is 0 Å². The van der Waals surface area contributed by atoms with Crippen LogP contribution in [0.15, 0.2) is 77.7 Å². The summed E-state index contributed by atoms with van der Waals surface area (Å²) in [6.45, 7) is 4.43. The van der Waals surface area contributed by atoms with Crippen molar-refractivity contribution in [2.45, 2.75) is 31.7 Å². The van der Waals surface area contributed by atoms with Gasteiger partial charge in [-0.05, 0) is 55.3 Å². The number of nitrogens with one attached hydrogen (secondary N) is 1. The van der Waals surface area contributed by atoms with E-state index in [-0.39, 0.29) is 17.3 Å². The number of rotatable bonds is 8. The van der Waals surface area contributed by atoms with Crippen molar-refractivity contribution >= 4 is 33.2 Å². The minimum atomic E-state index is -3.94. The second-order valence-electron chi connectivity index (χ2n) is 7.22. The van der Waals surface area contributed by atoms with Crippen molar-refractivity contribution in [3.8, 4) is 0 Å². The Balaban J connectivity index is 2.12. The van der Waals surface area contributed by atoms with E-state index < -0.39 is 10.0 Å². The number of aryl methyl sites for hydroxylation is 1. The molecular weight excluding hydrogens is 432 g/mol. The number of benzene rings is 3. The summed E-state index contributed by atoms with van der Waals surface area (Å²) < 4.78 is 28.6. The van der Waals surface area contributed by atoms with Crippen molar-refractivity contribution in [1.29, 1.82) is 0 Å². The molecule has 162 valence electrons. The number of anilines is 1. The number of hydrogen-bond donors (Lipinski definition) is 1. The zero-order valence-corrected chi connectivity index (χ0v) is 19.1. The van der Waals surface area contributed by atoms with Gasteiger partial charge in [0.1, 0.15) is 0 Å². The molecular formula is C24H25ClN2O3S. The average Bonchev–Trinajstić information content (AvgIpc) is 2.77. The molecule has 1 N–H and O–H groups in total. The fourth-order valence-corrected chi connectivity index (χ4v) is 4.71.